The van der Waals surface area contributed by atoms with Gasteiger partial charge in [-0.2, -0.15) is 0 Å². The summed E-state index contributed by atoms with van der Waals surface area (Å²) in [6.07, 6.45) is 0. The van der Waals surface area contributed by atoms with E-state index in [0.717, 1.165) is 39.3 Å². The summed E-state index contributed by atoms with van der Waals surface area (Å²) in [6, 6.07) is 0.362. The summed E-state index contributed by atoms with van der Waals surface area (Å²) >= 11 is 0. The van der Waals surface area contributed by atoms with Crippen molar-refractivity contribution in [3.63, 3.8) is 0 Å². The number of β-amino-alcohol motifs (C(OH)–C–C–N with tert-alkyl or cyclic N) is 1. The van der Waals surface area contributed by atoms with E-state index in [4.69, 9.17) is 5.11 Å². The van der Waals surface area contributed by atoms with E-state index in [9.17, 15) is 4.79 Å². The number of nitrogens with one attached hydrogen (secondary N) is 2. The van der Waals surface area contributed by atoms with Crippen molar-refractivity contribution in [2.24, 2.45) is 0 Å². The quantitative estimate of drug-likeness (QED) is 0.549. The molecule has 3 N–H and O–H groups in total. The Labute approximate surface area is 108 Å². The zero-order valence-corrected chi connectivity index (χ0v) is 11.1. The number of nitrogens with zero attached hydrogens (tertiary/aromatic N) is 2. The van der Waals surface area contributed by atoms with Crippen molar-refractivity contribution in [2.45, 2.75) is 19.0 Å². The van der Waals surface area contributed by atoms with Gasteiger partial charge < -0.3 is 20.6 Å². The third kappa shape index (κ3) is 3.41. The second-order valence-electron chi connectivity index (χ2n) is 5.16. The van der Waals surface area contributed by atoms with Crippen LogP contribution in [0.5, 0.6) is 0 Å². The molecule has 2 aliphatic rings. The minimum absolute atomic E-state index is 0.0782. The van der Waals surface area contributed by atoms with Gasteiger partial charge in [-0.15, -0.1) is 0 Å². The molecule has 0 aromatic carbocycles. The number of aliphatic hydroxyl groups excluding tert-OH is 1. The summed E-state index contributed by atoms with van der Waals surface area (Å²) in [5, 5.41) is 15.5. The lowest BCUT2D eigenvalue weighted by Crippen LogP contribution is -2.61. The largest absolute Gasteiger partial charge is 0.395 e. The van der Waals surface area contributed by atoms with Crippen LogP contribution in [0.2, 0.25) is 0 Å². The zero-order chi connectivity index (χ0) is 13.0. The van der Waals surface area contributed by atoms with Crippen LogP contribution in [0.3, 0.4) is 0 Å². The van der Waals surface area contributed by atoms with Crippen molar-refractivity contribution >= 4 is 5.91 Å². The Kier molecular flexibility index (Phi) is 4.94. The van der Waals surface area contributed by atoms with Gasteiger partial charge in [-0.3, -0.25) is 9.69 Å². The van der Waals surface area contributed by atoms with E-state index in [2.05, 4.69) is 22.5 Å². The lowest BCUT2D eigenvalue weighted by molar-refractivity contribution is -0.135. The van der Waals surface area contributed by atoms with Crippen LogP contribution in [0.15, 0.2) is 0 Å². The standard InChI is InChI=1S/C12H24N4O2/c1-10-8-14-11(9-13-10)12(18)16-4-2-15(3-5-16)6-7-17/h10-11,13-14,17H,2-9H2,1H3. The first-order valence-corrected chi connectivity index (χ1v) is 6.79. The number of rotatable bonds is 3. The first-order valence-electron chi connectivity index (χ1n) is 6.79. The van der Waals surface area contributed by atoms with Crippen molar-refractivity contribution in [3.05, 3.63) is 0 Å². The number of hydrogen-bond donors (Lipinski definition) is 3. The van der Waals surface area contributed by atoms with E-state index in [1.54, 1.807) is 0 Å². The predicted octanol–water partition coefficient (Wildman–Crippen LogP) is -1.93. The molecule has 0 aliphatic carbocycles. The number of carbonyl (C=O) groups is 1. The Hall–Kier alpha value is -0.690. The Bertz CT molecular complexity index is 271. The second kappa shape index (κ2) is 6.47. The Morgan fingerprint density at radius 2 is 1.94 bits per heavy atom. The summed E-state index contributed by atoms with van der Waals surface area (Å²) in [5.74, 6) is 0.207. The zero-order valence-electron chi connectivity index (χ0n) is 11.1. The summed E-state index contributed by atoms with van der Waals surface area (Å²) in [5.41, 5.74) is 0. The molecule has 2 rings (SSSR count). The molecule has 104 valence electrons. The fourth-order valence-corrected chi connectivity index (χ4v) is 2.51. The average Bonchev–Trinajstić information content (AvgIpc) is 2.40. The number of aliphatic hydroxyl groups is 1. The van der Waals surface area contributed by atoms with Gasteiger partial charge in [0.25, 0.3) is 0 Å². The van der Waals surface area contributed by atoms with Crippen LogP contribution in [0.4, 0.5) is 0 Å². The first-order chi connectivity index (χ1) is 8.70. The number of piperazine rings is 2. The van der Waals surface area contributed by atoms with Crippen LogP contribution in [0, 0.1) is 0 Å². The maximum atomic E-state index is 12.3. The van der Waals surface area contributed by atoms with E-state index >= 15 is 0 Å². The Balaban J connectivity index is 1.77. The topological polar surface area (TPSA) is 67.8 Å². The van der Waals surface area contributed by atoms with Gasteiger partial charge in [0.1, 0.15) is 0 Å². The highest BCUT2D eigenvalue weighted by Crippen LogP contribution is 2.05. The Morgan fingerprint density at radius 3 is 2.50 bits per heavy atom. The summed E-state index contributed by atoms with van der Waals surface area (Å²) in [6.45, 7) is 7.85. The molecule has 2 heterocycles. The predicted molar refractivity (Wildman–Crippen MR) is 69.4 cm³/mol. The third-order valence-electron chi connectivity index (χ3n) is 3.74. The lowest BCUT2D eigenvalue weighted by atomic mass is 10.1. The minimum atomic E-state index is -0.0782. The van der Waals surface area contributed by atoms with E-state index in [1.165, 1.54) is 0 Å². The molecule has 0 spiro atoms. The smallest absolute Gasteiger partial charge is 0.241 e. The van der Waals surface area contributed by atoms with Crippen LogP contribution < -0.4 is 10.6 Å². The highest BCUT2D eigenvalue weighted by Gasteiger charge is 2.29. The highest BCUT2D eigenvalue weighted by molar-refractivity contribution is 5.82. The minimum Gasteiger partial charge on any atom is -0.395 e. The lowest BCUT2D eigenvalue weighted by Gasteiger charge is -2.38. The van der Waals surface area contributed by atoms with E-state index < -0.39 is 0 Å². The Morgan fingerprint density at radius 1 is 1.22 bits per heavy atom. The van der Waals surface area contributed by atoms with Gasteiger partial charge in [0.2, 0.25) is 5.91 Å². The molecular weight excluding hydrogens is 232 g/mol. The summed E-state index contributed by atoms with van der Waals surface area (Å²) < 4.78 is 0. The second-order valence-corrected chi connectivity index (χ2v) is 5.16. The van der Waals surface area contributed by atoms with Crippen LogP contribution in [-0.2, 0) is 4.79 Å². The van der Waals surface area contributed by atoms with Gasteiger partial charge in [-0.1, -0.05) is 0 Å². The van der Waals surface area contributed by atoms with Gasteiger partial charge >= 0.3 is 0 Å². The molecule has 2 atom stereocenters. The molecule has 18 heavy (non-hydrogen) atoms. The molecule has 0 bridgehead atoms. The third-order valence-corrected chi connectivity index (χ3v) is 3.74. The fraction of sp³-hybridized carbons (Fsp3) is 0.917. The normalized spacial score (nSPS) is 30.4. The SMILES string of the molecule is CC1CNC(C(=O)N2CCN(CCO)CC2)CN1. The van der Waals surface area contributed by atoms with Crippen LogP contribution >= 0.6 is 0 Å². The highest BCUT2D eigenvalue weighted by atomic mass is 16.3. The monoisotopic (exact) mass is 256 g/mol. The molecule has 0 radical (unpaired) electrons. The van der Waals surface area contributed by atoms with Crippen molar-refractivity contribution in [3.8, 4) is 0 Å². The van der Waals surface area contributed by atoms with Crippen molar-refractivity contribution < 1.29 is 9.90 Å². The molecule has 6 nitrogen and oxygen atoms in total. The molecular formula is C12H24N4O2. The van der Waals surface area contributed by atoms with Gasteiger partial charge in [0.05, 0.1) is 12.6 Å². The molecule has 2 aliphatic heterocycles. The van der Waals surface area contributed by atoms with E-state index in [-0.39, 0.29) is 18.6 Å². The molecule has 0 saturated carbocycles. The van der Waals surface area contributed by atoms with Gasteiger partial charge in [0, 0.05) is 51.9 Å². The summed E-state index contributed by atoms with van der Waals surface area (Å²) in [7, 11) is 0. The molecule has 1 amide bonds. The molecule has 2 saturated heterocycles. The first kappa shape index (κ1) is 13.7. The molecule has 0 aromatic rings. The summed E-state index contributed by atoms with van der Waals surface area (Å²) in [4.78, 5) is 16.4. The number of hydrogen-bond acceptors (Lipinski definition) is 5. The van der Waals surface area contributed by atoms with Gasteiger partial charge in [0.15, 0.2) is 0 Å². The van der Waals surface area contributed by atoms with Crippen LogP contribution in [-0.4, -0.2) is 85.3 Å². The average molecular weight is 256 g/mol. The van der Waals surface area contributed by atoms with Crippen molar-refractivity contribution in [1.82, 2.24) is 20.4 Å². The molecule has 2 unspecified atom stereocenters. The number of carbonyl (C=O) groups excluding carboxylic acids is 1. The number of amides is 1. The molecule has 2 fully saturated rings. The van der Waals surface area contributed by atoms with E-state index in [0.29, 0.717) is 12.6 Å². The van der Waals surface area contributed by atoms with Crippen molar-refractivity contribution in [1.29, 1.82) is 0 Å². The maximum absolute atomic E-state index is 12.3. The van der Waals surface area contributed by atoms with Crippen molar-refractivity contribution in [2.75, 3.05) is 52.4 Å². The van der Waals surface area contributed by atoms with Crippen LogP contribution in [0.25, 0.3) is 0 Å². The maximum Gasteiger partial charge on any atom is 0.241 e. The van der Waals surface area contributed by atoms with Gasteiger partial charge in [-0.25, -0.2) is 0 Å². The van der Waals surface area contributed by atoms with E-state index in [1.807, 2.05) is 4.90 Å². The van der Waals surface area contributed by atoms with Crippen LogP contribution in [0.1, 0.15) is 6.92 Å². The fourth-order valence-electron chi connectivity index (χ4n) is 2.51. The molecule has 0 aromatic heterocycles. The van der Waals surface area contributed by atoms with Gasteiger partial charge in [-0.05, 0) is 6.92 Å². The molecule has 6 heteroatoms.